The van der Waals surface area contributed by atoms with E-state index >= 15 is 0 Å². The number of ketones is 1. The number of benzene rings is 1. The predicted molar refractivity (Wildman–Crippen MR) is 83.8 cm³/mol. The molecule has 1 amide bonds. The van der Waals surface area contributed by atoms with Crippen molar-refractivity contribution in [3.8, 4) is 0 Å². The lowest BCUT2D eigenvalue weighted by Gasteiger charge is -2.07. The average Bonchev–Trinajstić information content (AvgIpc) is 2.90. The Hall–Kier alpha value is -2.07. The lowest BCUT2D eigenvalue weighted by molar-refractivity contribution is -0.116. The number of nitrogens with one attached hydrogen (secondary N) is 1. The summed E-state index contributed by atoms with van der Waals surface area (Å²) in [5.74, 6) is -0.0871. The quantitative estimate of drug-likeness (QED) is 0.826. The minimum atomic E-state index is -0.187. The van der Waals surface area contributed by atoms with Crippen LogP contribution in [0.2, 0.25) is 5.02 Å². The second kappa shape index (κ2) is 7.09. The number of anilines is 1. The predicted octanol–water partition coefficient (Wildman–Crippen LogP) is 3.76. The second-order valence-corrected chi connectivity index (χ2v) is 5.18. The molecular formula is C16H17ClN2O2. The van der Waals surface area contributed by atoms with E-state index in [1.54, 1.807) is 47.3 Å². The maximum atomic E-state index is 12.0. The van der Waals surface area contributed by atoms with Crippen molar-refractivity contribution in [1.82, 2.24) is 4.57 Å². The van der Waals surface area contributed by atoms with Crippen molar-refractivity contribution in [3.05, 3.63) is 53.3 Å². The molecule has 0 aliphatic carbocycles. The first-order valence-corrected chi connectivity index (χ1v) is 7.21. The molecule has 1 N–H and O–H groups in total. The Morgan fingerprint density at radius 3 is 2.71 bits per heavy atom. The molecule has 1 aromatic heterocycles. The average molecular weight is 305 g/mol. The first-order chi connectivity index (χ1) is 10.1. The van der Waals surface area contributed by atoms with E-state index in [2.05, 4.69) is 5.32 Å². The molecule has 0 atom stereocenters. The molecule has 21 heavy (non-hydrogen) atoms. The van der Waals surface area contributed by atoms with Gasteiger partial charge in [-0.2, -0.15) is 0 Å². The Kier molecular flexibility index (Phi) is 5.17. The summed E-state index contributed by atoms with van der Waals surface area (Å²) >= 11 is 5.99. The van der Waals surface area contributed by atoms with E-state index < -0.39 is 0 Å². The Morgan fingerprint density at radius 1 is 1.24 bits per heavy atom. The van der Waals surface area contributed by atoms with Crippen molar-refractivity contribution in [2.24, 2.45) is 0 Å². The zero-order valence-electron chi connectivity index (χ0n) is 11.8. The van der Waals surface area contributed by atoms with Crippen LogP contribution in [0.15, 0.2) is 42.7 Å². The molecule has 2 rings (SSSR count). The lowest BCUT2D eigenvalue weighted by atomic mass is 10.1. The fraction of sp³-hybridized carbons (Fsp3) is 0.250. The Morgan fingerprint density at radius 2 is 2.00 bits per heavy atom. The van der Waals surface area contributed by atoms with Gasteiger partial charge >= 0.3 is 0 Å². The highest BCUT2D eigenvalue weighted by Gasteiger charge is 2.09. The fourth-order valence-electron chi connectivity index (χ4n) is 1.99. The zero-order chi connectivity index (χ0) is 15.2. The first-order valence-electron chi connectivity index (χ1n) is 6.83. The molecule has 0 spiro atoms. The van der Waals surface area contributed by atoms with Crippen molar-refractivity contribution in [1.29, 1.82) is 0 Å². The van der Waals surface area contributed by atoms with Gasteiger partial charge in [-0.3, -0.25) is 9.59 Å². The number of aromatic nitrogens is 1. The van der Waals surface area contributed by atoms with Gasteiger partial charge in [-0.25, -0.2) is 0 Å². The molecule has 5 heteroatoms. The number of hydrogen-bond acceptors (Lipinski definition) is 2. The van der Waals surface area contributed by atoms with E-state index in [0.29, 0.717) is 22.7 Å². The second-order valence-electron chi connectivity index (χ2n) is 4.77. The molecule has 0 unspecified atom stereocenters. The van der Waals surface area contributed by atoms with Gasteiger partial charge in [0, 0.05) is 24.4 Å². The summed E-state index contributed by atoms with van der Waals surface area (Å²) in [5, 5.41) is 3.24. The molecule has 4 nitrogen and oxygen atoms in total. The van der Waals surface area contributed by atoms with E-state index in [4.69, 9.17) is 11.6 Å². The third-order valence-electron chi connectivity index (χ3n) is 3.02. The van der Waals surface area contributed by atoms with Gasteiger partial charge in [0.15, 0.2) is 5.78 Å². The van der Waals surface area contributed by atoms with Gasteiger partial charge in [-0.1, -0.05) is 30.7 Å². The van der Waals surface area contributed by atoms with Gasteiger partial charge in [0.2, 0.25) is 5.91 Å². The van der Waals surface area contributed by atoms with Crippen LogP contribution >= 0.6 is 11.6 Å². The molecule has 0 radical (unpaired) electrons. The molecule has 0 aliphatic heterocycles. The Labute approximate surface area is 128 Å². The van der Waals surface area contributed by atoms with Crippen molar-refractivity contribution >= 4 is 29.0 Å². The molecule has 1 aromatic carbocycles. The molecular weight excluding hydrogens is 288 g/mol. The SMILES string of the molecule is CCCC(=O)c1ccn(CC(=O)Nc2ccccc2Cl)c1. The molecule has 0 saturated heterocycles. The van der Waals surface area contributed by atoms with Crippen molar-refractivity contribution in [3.63, 3.8) is 0 Å². The summed E-state index contributed by atoms with van der Waals surface area (Å²) in [4.78, 5) is 23.7. The number of hydrogen-bond donors (Lipinski definition) is 1. The monoisotopic (exact) mass is 304 g/mol. The minimum absolute atomic E-state index is 0.0998. The third kappa shape index (κ3) is 4.20. The highest BCUT2D eigenvalue weighted by Crippen LogP contribution is 2.20. The van der Waals surface area contributed by atoms with Crippen LogP contribution in [-0.2, 0) is 11.3 Å². The normalized spacial score (nSPS) is 10.4. The highest BCUT2D eigenvalue weighted by molar-refractivity contribution is 6.33. The number of carbonyl (C=O) groups is 2. The maximum Gasteiger partial charge on any atom is 0.244 e. The molecule has 2 aromatic rings. The number of amides is 1. The molecule has 1 heterocycles. The van der Waals surface area contributed by atoms with E-state index in [0.717, 1.165) is 6.42 Å². The van der Waals surface area contributed by atoms with Gasteiger partial charge in [0.25, 0.3) is 0 Å². The topological polar surface area (TPSA) is 51.1 Å². The zero-order valence-corrected chi connectivity index (χ0v) is 12.6. The van der Waals surface area contributed by atoms with Crippen LogP contribution < -0.4 is 5.32 Å². The van der Waals surface area contributed by atoms with Gasteiger partial charge < -0.3 is 9.88 Å². The van der Waals surface area contributed by atoms with Crippen LogP contribution in [0.1, 0.15) is 30.1 Å². The van der Waals surface area contributed by atoms with Crippen LogP contribution in [0.5, 0.6) is 0 Å². The molecule has 0 fully saturated rings. The third-order valence-corrected chi connectivity index (χ3v) is 3.35. The van der Waals surface area contributed by atoms with Crippen LogP contribution in [0.4, 0.5) is 5.69 Å². The van der Waals surface area contributed by atoms with Crippen molar-refractivity contribution in [2.45, 2.75) is 26.3 Å². The standard InChI is InChI=1S/C16H17ClN2O2/c1-2-5-15(20)12-8-9-19(10-12)11-16(21)18-14-7-4-3-6-13(14)17/h3-4,6-10H,2,5,11H2,1H3,(H,18,21). The summed E-state index contributed by atoms with van der Waals surface area (Å²) in [6, 6.07) is 8.80. The lowest BCUT2D eigenvalue weighted by Crippen LogP contribution is -2.18. The molecule has 0 bridgehead atoms. The van der Waals surface area contributed by atoms with E-state index in [1.165, 1.54) is 0 Å². The molecule has 110 valence electrons. The summed E-state index contributed by atoms with van der Waals surface area (Å²) in [6.07, 6.45) is 4.77. The number of para-hydroxylation sites is 1. The van der Waals surface area contributed by atoms with Crippen LogP contribution in [0.3, 0.4) is 0 Å². The fourth-order valence-corrected chi connectivity index (χ4v) is 2.18. The maximum absolute atomic E-state index is 12.0. The summed E-state index contributed by atoms with van der Waals surface area (Å²) in [6.45, 7) is 2.11. The minimum Gasteiger partial charge on any atom is -0.344 e. The first kappa shape index (κ1) is 15.3. The number of nitrogens with zero attached hydrogens (tertiary/aromatic N) is 1. The van der Waals surface area contributed by atoms with Gasteiger partial charge in [-0.05, 0) is 24.6 Å². The number of halogens is 1. The molecule has 0 saturated carbocycles. The smallest absolute Gasteiger partial charge is 0.244 e. The largest absolute Gasteiger partial charge is 0.344 e. The molecule has 0 aliphatic rings. The van der Waals surface area contributed by atoms with Gasteiger partial charge in [0.05, 0.1) is 10.7 Å². The van der Waals surface area contributed by atoms with Crippen LogP contribution in [0, 0.1) is 0 Å². The van der Waals surface area contributed by atoms with Crippen LogP contribution in [-0.4, -0.2) is 16.3 Å². The Balaban J connectivity index is 1.97. The highest BCUT2D eigenvalue weighted by atomic mass is 35.5. The Bertz CT molecular complexity index is 649. The summed E-state index contributed by atoms with van der Waals surface area (Å²) < 4.78 is 1.69. The van der Waals surface area contributed by atoms with Crippen molar-refractivity contribution < 1.29 is 9.59 Å². The number of Topliss-reactive ketones (excluding diaryl/α,β-unsaturated/α-hetero) is 1. The van der Waals surface area contributed by atoms with E-state index in [9.17, 15) is 9.59 Å². The van der Waals surface area contributed by atoms with E-state index in [1.807, 2.05) is 6.92 Å². The van der Waals surface area contributed by atoms with E-state index in [-0.39, 0.29) is 18.2 Å². The van der Waals surface area contributed by atoms with Gasteiger partial charge in [0.1, 0.15) is 6.54 Å². The van der Waals surface area contributed by atoms with Crippen molar-refractivity contribution in [2.75, 3.05) is 5.32 Å². The van der Waals surface area contributed by atoms with Gasteiger partial charge in [-0.15, -0.1) is 0 Å². The number of carbonyl (C=O) groups excluding carboxylic acids is 2. The summed E-state index contributed by atoms with van der Waals surface area (Å²) in [7, 11) is 0. The number of rotatable bonds is 6. The van der Waals surface area contributed by atoms with Crippen LogP contribution in [0.25, 0.3) is 0 Å². The summed E-state index contributed by atoms with van der Waals surface area (Å²) in [5.41, 5.74) is 1.22.